The average Bonchev–Trinajstić information content (AvgIpc) is 3.15. The molecule has 1 aliphatic rings. The lowest BCUT2D eigenvalue weighted by Crippen LogP contribution is -2.27. The van der Waals surface area contributed by atoms with Crippen LogP contribution in [-0.4, -0.2) is 22.2 Å². The fourth-order valence-electron chi connectivity index (χ4n) is 4.09. The second kappa shape index (κ2) is 11.0. The van der Waals surface area contributed by atoms with Crippen LogP contribution in [-0.2, 0) is 17.9 Å². The van der Waals surface area contributed by atoms with E-state index < -0.39 is 0 Å². The SMILES string of the molecule is COc1cc(C=C2SC(=S)N(Cc3ccccc3)C2=O)cc(I)c1OCc1cccc2ccccc12. The molecule has 180 valence electrons. The van der Waals surface area contributed by atoms with E-state index in [1.165, 1.54) is 22.5 Å². The van der Waals surface area contributed by atoms with Gasteiger partial charge in [0.1, 0.15) is 10.9 Å². The molecule has 1 saturated heterocycles. The third-order valence-corrected chi connectivity index (χ3v) is 8.04. The van der Waals surface area contributed by atoms with Crippen LogP contribution in [0.15, 0.2) is 89.8 Å². The first kappa shape index (κ1) is 24.8. The van der Waals surface area contributed by atoms with Crippen molar-refractivity contribution in [2.24, 2.45) is 0 Å². The van der Waals surface area contributed by atoms with Crippen molar-refractivity contribution >= 4 is 73.6 Å². The van der Waals surface area contributed by atoms with Crippen molar-refractivity contribution in [1.29, 1.82) is 0 Å². The van der Waals surface area contributed by atoms with E-state index in [0.717, 1.165) is 20.3 Å². The van der Waals surface area contributed by atoms with Gasteiger partial charge in [-0.1, -0.05) is 96.8 Å². The van der Waals surface area contributed by atoms with E-state index in [4.69, 9.17) is 21.7 Å². The van der Waals surface area contributed by atoms with E-state index in [2.05, 4.69) is 46.9 Å². The number of thiocarbonyl (C=S) groups is 1. The molecule has 7 heteroatoms. The summed E-state index contributed by atoms with van der Waals surface area (Å²) in [6.45, 7) is 0.885. The summed E-state index contributed by atoms with van der Waals surface area (Å²) in [6.07, 6.45) is 1.86. The summed E-state index contributed by atoms with van der Waals surface area (Å²) < 4.78 is 13.4. The Morgan fingerprint density at radius 1 is 1.00 bits per heavy atom. The molecule has 1 fully saturated rings. The molecular weight excluding hydrogens is 601 g/mol. The minimum absolute atomic E-state index is 0.0842. The van der Waals surface area contributed by atoms with Crippen LogP contribution >= 0.6 is 46.6 Å². The lowest BCUT2D eigenvalue weighted by Gasteiger charge is -2.15. The summed E-state index contributed by atoms with van der Waals surface area (Å²) in [5.74, 6) is 1.21. The number of ether oxygens (including phenoxy) is 2. The highest BCUT2D eigenvalue weighted by Gasteiger charge is 2.32. The molecule has 0 atom stereocenters. The molecule has 36 heavy (non-hydrogen) atoms. The molecule has 4 nitrogen and oxygen atoms in total. The van der Waals surface area contributed by atoms with E-state index in [0.29, 0.717) is 33.9 Å². The number of methoxy groups -OCH3 is 1. The van der Waals surface area contributed by atoms with E-state index in [-0.39, 0.29) is 5.91 Å². The van der Waals surface area contributed by atoms with Crippen molar-refractivity contribution in [3.63, 3.8) is 0 Å². The number of nitrogens with zero attached hydrogens (tertiary/aromatic N) is 1. The number of thioether (sulfide) groups is 1. The third kappa shape index (κ3) is 5.28. The Kier molecular flexibility index (Phi) is 7.59. The number of hydrogen-bond acceptors (Lipinski definition) is 5. The van der Waals surface area contributed by atoms with E-state index in [9.17, 15) is 4.79 Å². The van der Waals surface area contributed by atoms with Crippen LogP contribution in [0.5, 0.6) is 11.5 Å². The van der Waals surface area contributed by atoms with Gasteiger partial charge in [-0.2, -0.15) is 0 Å². The Bertz CT molecular complexity index is 1480. The summed E-state index contributed by atoms with van der Waals surface area (Å²) in [5, 5.41) is 2.35. The maximum Gasteiger partial charge on any atom is 0.266 e. The van der Waals surface area contributed by atoms with Gasteiger partial charge in [0.05, 0.1) is 22.1 Å². The van der Waals surface area contributed by atoms with E-state index in [1.807, 2.05) is 66.7 Å². The number of halogens is 1. The molecule has 0 aliphatic carbocycles. The normalized spacial score (nSPS) is 14.6. The van der Waals surface area contributed by atoms with Gasteiger partial charge in [-0.25, -0.2) is 0 Å². The van der Waals surface area contributed by atoms with Crippen molar-refractivity contribution in [2.45, 2.75) is 13.2 Å². The van der Waals surface area contributed by atoms with Crippen LogP contribution < -0.4 is 9.47 Å². The smallest absolute Gasteiger partial charge is 0.266 e. The van der Waals surface area contributed by atoms with Crippen LogP contribution in [0.1, 0.15) is 16.7 Å². The van der Waals surface area contributed by atoms with Gasteiger partial charge in [0, 0.05) is 0 Å². The zero-order chi connectivity index (χ0) is 25.1. The van der Waals surface area contributed by atoms with E-state index in [1.54, 1.807) is 12.0 Å². The van der Waals surface area contributed by atoms with Crippen molar-refractivity contribution < 1.29 is 14.3 Å². The van der Waals surface area contributed by atoms with Crippen LogP contribution in [0.25, 0.3) is 16.8 Å². The maximum absolute atomic E-state index is 13.1. The number of carbonyl (C=O) groups excluding carboxylic acids is 1. The predicted molar refractivity (Wildman–Crippen MR) is 159 cm³/mol. The largest absolute Gasteiger partial charge is 0.493 e. The first-order chi connectivity index (χ1) is 17.5. The van der Waals surface area contributed by atoms with Gasteiger partial charge in [-0.05, 0) is 68.3 Å². The molecular formula is C29H22INO3S2. The molecule has 5 rings (SSSR count). The molecule has 0 bridgehead atoms. The van der Waals surface area contributed by atoms with Gasteiger partial charge in [-0.3, -0.25) is 9.69 Å². The summed E-state index contributed by atoms with van der Waals surface area (Å²) in [7, 11) is 1.62. The fourth-order valence-corrected chi connectivity index (χ4v) is 6.12. The monoisotopic (exact) mass is 623 g/mol. The highest BCUT2D eigenvalue weighted by Crippen LogP contribution is 2.38. The molecule has 0 radical (unpaired) electrons. The molecule has 0 spiro atoms. The zero-order valence-corrected chi connectivity index (χ0v) is 23.2. The van der Waals surface area contributed by atoms with Gasteiger partial charge in [-0.15, -0.1) is 0 Å². The van der Waals surface area contributed by atoms with Crippen molar-refractivity contribution in [2.75, 3.05) is 7.11 Å². The van der Waals surface area contributed by atoms with Gasteiger partial charge in [0.2, 0.25) is 0 Å². The molecule has 0 aromatic heterocycles. The second-order valence-electron chi connectivity index (χ2n) is 8.21. The summed E-state index contributed by atoms with van der Waals surface area (Å²) in [6, 6.07) is 28.2. The number of carbonyl (C=O) groups is 1. The molecule has 1 aliphatic heterocycles. The maximum atomic E-state index is 13.1. The van der Waals surface area contributed by atoms with Crippen LogP contribution in [0.3, 0.4) is 0 Å². The highest BCUT2D eigenvalue weighted by atomic mass is 127. The summed E-state index contributed by atoms with van der Waals surface area (Å²) >= 11 is 9.07. The van der Waals surface area contributed by atoms with Gasteiger partial charge < -0.3 is 9.47 Å². The van der Waals surface area contributed by atoms with Gasteiger partial charge in [0.25, 0.3) is 5.91 Å². The van der Waals surface area contributed by atoms with Crippen molar-refractivity contribution in [1.82, 2.24) is 4.90 Å². The Balaban J connectivity index is 1.37. The van der Waals surface area contributed by atoms with Gasteiger partial charge in [0.15, 0.2) is 11.5 Å². The van der Waals surface area contributed by atoms with Crippen LogP contribution in [0, 0.1) is 3.57 Å². The van der Waals surface area contributed by atoms with Crippen LogP contribution in [0.2, 0.25) is 0 Å². The number of benzene rings is 4. The Labute approximate surface area is 233 Å². The topological polar surface area (TPSA) is 38.8 Å². The molecule has 1 heterocycles. The molecule has 1 amide bonds. The molecule has 4 aromatic rings. The Morgan fingerprint density at radius 2 is 1.75 bits per heavy atom. The lowest BCUT2D eigenvalue weighted by molar-refractivity contribution is -0.122. The standard InChI is InChI=1S/C29H22INO3S2/c1-33-25-15-20(16-26-28(32)31(29(35)36-26)17-19-8-3-2-4-9-19)14-24(30)27(25)34-18-22-12-7-11-21-10-5-6-13-23(21)22/h2-16H,17-18H2,1H3. The Morgan fingerprint density at radius 3 is 2.56 bits per heavy atom. The minimum atomic E-state index is -0.0842. The Hall–Kier alpha value is -2.88. The first-order valence-electron chi connectivity index (χ1n) is 11.3. The van der Waals surface area contributed by atoms with Gasteiger partial charge >= 0.3 is 0 Å². The van der Waals surface area contributed by atoms with E-state index >= 15 is 0 Å². The minimum Gasteiger partial charge on any atom is -0.493 e. The fraction of sp³-hybridized carbons (Fsp3) is 0.103. The molecule has 0 unspecified atom stereocenters. The first-order valence-corrected chi connectivity index (χ1v) is 13.6. The van der Waals surface area contributed by atoms with Crippen molar-refractivity contribution in [3.05, 3.63) is 110 Å². The predicted octanol–water partition coefficient (Wildman–Crippen LogP) is 7.43. The average molecular weight is 624 g/mol. The quantitative estimate of drug-likeness (QED) is 0.122. The molecule has 0 saturated carbocycles. The lowest BCUT2D eigenvalue weighted by atomic mass is 10.1. The van der Waals surface area contributed by atoms with Crippen molar-refractivity contribution in [3.8, 4) is 11.5 Å². The highest BCUT2D eigenvalue weighted by molar-refractivity contribution is 14.1. The molecule has 0 N–H and O–H groups in total. The number of rotatable bonds is 7. The summed E-state index contributed by atoms with van der Waals surface area (Å²) in [4.78, 5) is 15.3. The second-order valence-corrected chi connectivity index (χ2v) is 11.1. The summed E-state index contributed by atoms with van der Waals surface area (Å²) in [5.41, 5.74) is 3.00. The number of amides is 1. The number of fused-ring (bicyclic) bond motifs is 1. The third-order valence-electron chi connectivity index (χ3n) is 5.86. The number of hydrogen-bond donors (Lipinski definition) is 0. The van der Waals surface area contributed by atoms with Crippen LogP contribution in [0.4, 0.5) is 0 Å². The zero-order valence-electron chi connectivity index (χ0n) is 19.4. The molecule has 4 aromatic carbocycles.